The first-order valence-corrected chi connectivity index (χ1v) is 24.4. The number of aliphatic hydroxyl groups excluding tert-OH is 6. The van der Waals surface area contributed by atoms with E-state index in [1.165, 1.54) is 6.92 Å². The van der Waals surface area contributed by atoms with E-state index in [2.05, 4.69) is 51.8 Å². The quantitative estimate of drug-likeness (QED) is 0.0823. The van der Waals surface area contributed by atoms with Crippen LogP contribution in [0.3, 0.4) is 0 Å². The average molecular weight is 907 g/mol. The van der Waals surface area contributed by atoms with E-state index in [0.717, 1.165) is 63.4 Å². The molecule has 0 radical (unpaired) electrons. The summed E-state index contributed by atoms with van der Waals surface area (Å²) in [5.74, 6) is 1.40. The molecule has 8 N–H and O–H groups in total. The highest BCUT2D eigenvalue weighted by atomic mass is 16.8. The van der Waals surface area contributed by atoms with Crippen molar-refractivity contribution in [3.05, 3.63) is 12.2 Å². The van der Waals surface area contributed by atoms with Gasteiger partial charge >= 0.3 is 6.09 Å². The normalized spacial score (nSPS) is 49.1. The molecule has 20 atom stereocenters. The fourth-order valence-electron chi connectivity index (χ4n) is 15.2. The van der Waals surface area contributed by atoms with Crippen molar-refractivity contribution in [2.75, 3.05) is 26.3 Å². The van der Waals surface area contributed by atoms with E-state index in [4.69, 9.17) is 23.7 Å². The van der Waals surface area contributed by atoms with Gasteiger partial charge in [0.25, 0.3) is 0 Å². The summed E-state index contributed by atoms with van der Waals surface area (Å²) in [6, 6.07) is 0. The molecule has 7 fully saturated rings. The van der Waals surface area contributed by atoms with Gasteiger partial charge in [0, 0.05) is 18.5 Å². The Balaban J connectivity index is 1.07. The number of nitrogens with one attached hydrogen (secondary N) is 2. The molecule has 2 heterocycles. The summed E-state index contributed by atoms with van der Waals surface area (Å²) in [4.78, 5) is 26.8. The third-order valence-corrected chi connectivity index (χ3v) is 18.7. The van der Waals surface area contributed by atoms with Crippen molar-refractivity contribution in [3.8, 4) is 0 Å². The standard InChI is InChI=1S/C49H82N2O13/c1-26(2)28-14-19-49(42(58)50-22-11-23-51-43(59)64-44(4,5)6)21-20-47(9)29(34(28)49)12-13-32-45(7)17-16-33(46(8,25-52)31(45)15-18-48(32,47)10)62-41-39(36(55)30(53)24-60-41)63-40-38(57)37(56)35(54)27(3)61-40/h27-41,52-57H,1,11-25H2,2-10H3,(H,50,58)(H,51,59)/t27-,28-,29+,30-,31+,32+,33-,34+,35-,36-,37+,38+,39+,40-,41-,45-,46-,47+,48+,49-/m0/s1. The van der Waals surface area contributed by atoms with Crippen molar-refractivity contribution < 1.29 is 63.9 Å². The number of alkyl carbamates (subject to hydrolysis) is 1. The number of aliphatic hydroxyl groups is 6. The topological polar surface area (TPSA) is 226 Å². The Hall–Kier alpha value is -1.92. The second-order valence-corrected chi connectivity index (χ2v) is 23.2. The lowest BCUT2D eigenvalue weighted by Crippen LogP contribution is -2.68. The summed E-state index contributed by atoms with van der Waals surface area (Å²) < 4.78 is 29.9. The van der Waals surface area contributed by atoms with Crippen molar-refractivity contribution in [3.63, 3.8) is 0 Å². The summed E-state index contributed by atoms with van der Waals surface area (Å²) in [7, 11) is 0. The minimum atomic E-state index is -1.63. The van der Waals surface area contributed by atoms with Crippen LogP contribution in [0.1, 0.15) is 133 Å². The van der Waals surface area contributed by atoms with Crippen LogP contribution in [0.5, 0.6) is 0 Å². The van der Waals surface area contributed by atoms with E-state index < -0.39 is 83.9 Å². The van der Waals surface area contributed by atoms with Crippen molar-refractivity contribution in [2.24, 2.45) is 56.7 Å². The molecule has 5 aliphatic carbocycles. The average Bonchev–Trinajstić information content (AvgIpc) is 3.63. The van der Waals surface area contributed by atoms with Gasteiger partial charge in [0.1, 0.15) is 42.2 Å². The van der Waals surface area contributed by atoms with Gasteiger partial charge in [0.15, 0.2) is 12.6 Å². The first-order chi connectivity index (χ1) is 29.9. The molecule has 2 amide bonds. The minimum absolute atomic E-state index is 0.0226. The predicted octanol–water partition coefficient (Wildman–Crippen LogP) is 4.32. The lowest BCUT2D eigenvalue weighted by atomic mass is 9.32. The smallest absolute Gasteiger partial charge is 0.407 e. The largest absolute Gasteiger partial charge is 0.444 e. The molecule has 0 unspecified atom stereocenters. The zero-order valence-corrected chi connectivity index (χ0v) is 40.0. The second-order valence-electron chi connectivity index (χ2n) is 23.2. The highest BCUT2D eigenvalue weighted by Gasteiger charge is 2.72. The second kappa shape index (κ2) is 18.2. The summed E-state index contributed by atoms with van der Waals surface area (Å²) >= 11 is 0. The van der Waals surface area contributed by atoms with Gasteiger partial charge in [-0.1, -0.05) is 39.8 Å². The highest BCUT2D eigenvalue weighted by molar-refractivity contribution is 5.84. The van der Waals surface area contributed by atoms with Crippen LogP contribution in [0.4, 0.5) is 4.79 Å². The Morgan fingerprint density at radius 1 is 0.781 bits per heavy atom. The van der Waals surface area contributed by atoms with E-state index in [0.29, 0.717) is 37.8 Å². The predicted molar refractivity (Wildman–Crippen MR) is 236 cm³/mol. The van der Waals surface area contributed by atoms with Gasteiger partial charge in [-0.25, -0.2) is 4.79 Å². The van der Waals surface area contributed by atoms with Crippen LogP contribution in [0.25, 0.3) is 0 Å². The Morgan fingerprint density at radius 3 is 2.16 bits per heavy atom. The minimum Gasteiger partial charge on any atom is -0.444 e. The van der Waals surface area contributed by atoms with Gasteiger partial charge in [-0.15, -0.1) is 0 Å². The van der Waals surface area contributed by atoms with Crippen LogP contribution in [-0.4, -0.2) is 136 Å². The van der Waals surface area contributed by atoms with Gasteiger partial charge in [0.05, 0.1) is 30.8 Å². The molecule has 7 rings (SSSR count). The van der Waals surface area contributed by atoms with Crippen LogP contribution in [0, 0.1) is 56.7 Å². The number of allylic oxidation sites excluding steroid dienone is 1. The van der Waals surface area contributed by atoms with Crippen molar-refractivity contribution in [1.82, 2.24) is 10.6 Å². The molecule has 0 bridgehead atoms. The van der Waals surface area contributed by atoms with Crippen LogP contribution < -0.4 is 10.6 Å². The van der Waals surface area contributed by atoms with E-state index in [-0.39, 0.29) is 53.1 Å². The molecule has 366 valence electrons. The number of hydrogen-bond acceptors (Lipinski definition) is 13. The van der Waals surface area contributed by atoms with Crippen LogP contribution in [0.15, 0.2) is 12.2 Å². The summed E-state index contributed by atoms with van der Waals surface area (Å²) in [6.07, 6.45) is -3.48. The summed E-state index contributed by atoms with van der Waals surface area (Å²) in [5.41, 5.74) is -0.757. The van der Waals surface area contributed by atoms with Crippen molar-refractivity contribution in [1.29, 1.82) is 0 Å². The van der Waals surface area contributed by atoms with E-state index in [1.54, 1.807) is 0 Å². The third-order valence-electron chi connectivity index (χ3n) is 18.7. The molecule has 2 saturated heterocycles. The zero-order chi connectivity index (χ0) is 46.9. The maximum absolute atomic E-state index is 14.6. The van der Waals surface area contributed by atoms with Gasteiger partial charge in [-0.05, 0) is 151 Å². The maximum atomic E-state index is 14.6. The Bertz CT molecular complexity index is 1710. The van der Waals surface area contributed by atoms with Crippen LogP contribution >= 0.6 is 0 Å². The van der Waals surface area contributed by atoms with Gasteiger partial charge < -0.3 is 65.0 Å². The van der Waals surface area contributed by atoms with E-state index in [9.17, 15) is 40.2 Å². The lowest BCUT2D eigenvalue weighted by molar-refractivity contribution is -0.366. The molecule has 64 heavy (non-hydrogen) atoms. The molecule has 15 nitrogen and oxygen atoms in total. The van der Waals surface area contributed by atoms with Crippen LogP contribution in [-0.2, 0) is 28.5 Å². The molecule has 0 aromatic rings. The zero-order valence-electron chi connectivity index (χ0n) is 40.0. The van der Waals surface area contributed by atoms with Gasteiger partial charge in [-0.3, -0.25) is 4.79 Å². The maximum Gasteiger partial charge on any atom is 0.407 e. The highest BCUT2D eigenvalue weighted by Crippen LogP contribution is 2.77. The fourth-order valence-corrected chi connectivity index (χ4v) is 15.2. The van der Waals surface area contributed by atoms with E-state index >= 15 is 0 Å². The number of carbonyl (C=O) groups excluding carboxylic acids is 2. The first-order valence-electron chi connectivity index (χ1n) is 24.4. The SMILES string of the molecule is C=C(C)[C@@H]1CC[C@]2(C(=O)NCCCNC(=O)OC(C)(C)C)CC[C@]3(C)[C@H](CC[C@@H]4[C@@]5(C)CC[C@H](O[C@@H]6OC[C@H](O)[C@H](O)[C@H]6O[C@@H]6O[C@@H](C)[C@H](O)[C@@H](O)[C@H]6O)[C@@](C)(CO)[C@@H]5CC[C@]43C)[C@@H]12. The summed E-state index contributed by atoms with van der Waals surface area (Å²) in [5, 5.41) is 70.9. The molecule has 7 aliphatic rings. The molecular weight excluding hydrogens is 825 g/mol. The molecule has 0 aromatic carbocycles. The van der Waals surface area contributed by atoms with Crippen molar-refractivity contribution >= 4 is 12.0 Å². The molecule has 0 spiro atoms. The monoisotopic (exact) mass is 907 g/mol. The molecule has 2 aliphatic heterocycles. The Labute approximate surface area is 380 Å². The number of rotatable bonds is 11. The summed E-state index contributed by atoms with van der Waals surface area (Å²) in [6.45, 7) is 23.8. The van der Waals surface area contributed by atoms with E-state index in [1.807, 2.05) is 20.8 Å². The van der Waals surface area contributed by atoms with Gasteiger partial charge in [0.2, 0.25) is 5.91 Å². The molecule has 0 aromatic heterocycles. The Kier molecular flexibility index (Phi) is 14.2. The number of carbonyl (C=O) groups is 2. The number of fused-ring (bicyclic) bond motifs is 7. The number of amides is 2. The van der Waals surface area contributed by atoms with Crippen molar-refractivity contribution in [2.45, 2.75) is 200 Å². The fraction of sp³-hybridized carbons (Fsp3) is 0.918. The number of hydrogen-bond donors (Lipinski definition) is 8. The number of ether oxygens (including phenoxy) is 5. The first kappa shape index (κ1) is 50.0. The lowest BCUT2D eigenvalue weighted by Gasteiger charge is -2.73. The third kappa shape index (κ3) is 8.39. The molecular formula is C49H82N2O13. The van der Waals surface area contributed by atoms with Gasteiger partial charge in [-0.2, -0.15) is 0 Å². The van der Waals surface area contributed by atoms with Crippen LogP contribution in [0.2, 0.25) is 0 Å². The molecule has 5 saturated carbocycles. The molecule has 15 heteroatoms. The Morgan fingerprint density at radius 2 is 1.48 bits per heavy atom.